The minimum absolute atomic E-state index is 0.0222. The Balaban J connectivity index is 1.70. The number of carbonyl (C=O) groups is 3. The number of halogens is 1. The Hall–Kier alpha value is -4.27. The van der Waals surface area contributed by atoms with Crippen molar-refractivity contribution in [3.63, 3.8) is 0 Å². The molecule has 41 heavy (non-hydrogen) atoms. The van der Waals surface area contributed by atoms with Crippen LogP contribution in [0.4, 0.5) is 4.39 Å². The van der Waals surface area contributed by atoms with Crippen molar-refractivity contribution in [2.75, 3.05) is 13.9 Å². The number of ketones is 1. The van der Waals surface area contributed by atoms with Gasteiger partial charge < -0.3 is 18.9 Å². The van der Waals surface area contributed by atoms with Gasteiger partial charge in [-0.3, -0.25) is 14.4 Å². The van der Waals surface area contributed by atoms with Gasteiger partial charge in [-0.25, -0.2) is 9.37 Å². The fourth-order valence-electron chi connectivity index (χ4n) is 4.21. The van der Waals surface area contributed by atoms with E-state index in [0.717, 1.165) is 11.1 Å². The number of pyridine rings is 1. The maximum atomic E-state index is 13.4. The highest BCUT2D eigenvalue weighted by atomic mass is 19.1. The number of nitrogens with zero attached hydrogens (tertiary/aromatic N) is 1. The van der Waals surface area contributed by atoms with Crippen LogP contribution in [-0.2, 0) is 25.5 Å². The van der Waals surface area contributed by atoms with Gasteiger partial charge in [0.2, 0.25) is 6.79 Å². The van der Waals surface area contributed by atoms with Crippen LogP contribution in [0.1, 0.15) is 61.6 Å². The molecule has 3 rings (SSSR count). The minimum Gasteiger partial charge on any atom is -0.493 e. The van der Waals surface area contributed by atoms with Crippen LogP contribution in [0, 0.1) is 17.7 Å². The van der Waals surface area contributed by atoms with E-state index in [1.54, 1.807) is 32.9 Å². The number of aromatic nitrogens is 1. The molecule has 218 valence electrons. The van der Waals surface area contributed by atoms with Crippen LogP contribution in [0.2, 0.25) is 0 Å². The van der Waals surface area contributed by atoms with E-state index >= 15 is 0 Å². The molecule has 0 aliphatic heterocycles. The second-order valence-corrected chi connectivity index (χ2v) is 10.1. The monoisotopic (exact) mass is 565 g/mol. The van der Waals surface area contributed by atoms with Crippen LogP contribution in [-0.4, -0.2) is 42.7 Å². The Morgan fingerprint density at radius 2 is 1.59 bits per heavy atom. The van der Waals surface area contributed by atoms with E-state index in [4.69, 9.17) is 18.9 Å². The summed E-state index contributed by atoms with van der Waals surface area (Å²) in [5.41, 5.74) is 1.83. The molecule has 3 aromatic rings. The lowest BCUT2D eigenvalue weighted by Crippen LogP contribution is -2.28. The van der Waals surface area contributed by atoms with E-state index in [2.05, 4.69) is 4.98 Å². The van der Waals surface area contributed by atoms with Crippen LogP contribution in [0.5, 0.6) is 11.5 Å². The molecule has 0 aliphatic carbocycles. The van der Waals surface area contributed by atoms with Crippen LogP contribution < -0.4 is 9.47 Å². The quantitative estimate of drug-likeness (QED) is 0.135. The van der Waals surface area contributed by atoms with Gasteiger partial charge in [0.05, 0.1) is 18.9 Å². The van der Waals surface area contributed by atoms with Gasteiger partial charge >= 0.3 is 11.9 Å². The van der Waals surface area contributed by atoms with E-state index in [9.17, 15) is 18.8 Å². The van der Waals surface area contributed by atoms with Gasteiger partial charge in [0, 0.05) is 24.6 Å². The summed E-state index contributed by atoms with van der Waals surface area (Å²) in [6.45, 7) is 6.36. The lowest BCUT2D eigenvalue weighted by Gasteiger charge is -2.26. The lowest BCUT2D eigenvalue weighted by atomic mass is 9.88. The third kappa shape index (κ3) is 8.86. The molecule has 0 unspecified atom stereocenters. The van der Waals surface area contributed by atoms with Crippen molar-refractivity contribution in [1.29, 1.82) is 0 Å². The van der Waals surface area contributed by atoms with E-state index in [1.165, 1.54) is 31.5 Å². The Labute approximate surface area is 239 Å². The lowest BCUT2D eigenvalue weighted by molar-refractivity contribution is -0.154. The predicted molar refractivity (Wildman–Crippen MR) is 150 cm³/mol. The number of benzene rings is 2. The molecule has 0 bridgehead atoms. The van der Waals surface area contributed by atoms with Crippen LogP contribution in [0.25, 0.3) is 0 Å². The Morgan fingerprint density at radius 1 is 0.902 bits per heavy atom. The Bertz CT molecular complexity index is 1310. The van der Waals surface area contributed by atoms with Gasteiger partial charge in [-0.1, -0.05) is 63.2 Å². The largest absolute Gasteiger partial charge is 0.493 e. The molecular weight excluding hydrogens is 529 g/mol. The molecule has 1 heterocycles. The number of Topliss-reactive ketones (excluding diaryl/α,β-unsaturated/α-hetero) is 1. The molecular formula is C32H36FNO7. The van der Waals surface area contributed by atoms with E-state index < -0.39 is 36.5 Å². The fraction of sp³-hybridized carbons (Fsp3) is 0.375. The zero-order chi connectivity index (χ0) is 29.9. The summed E-state index contributed by atoms with van der Waals surface area (Å²) in [4.78, 5) is 42.3. The summed E-state index contributed by atoms with van der Waals surface area (Å²) in [6, 6.07) is 17.4. The fourth-order valence-corrected chi connectivity index (χ4v) is 4.21. The van der Waals surface area contributed by atoms with Crippen molar-refractivity contribution in [2.45, 2.75) is 52.6 Å². The average molecular weight is 566 g/mol. The smallest absolute Gasteiger partial charge is 0.311 e. The van der Waals surface area contributed by atoms with E-state index in [-0.39, 0.29) is 41.3 Å². The molecule has 0 saturated heterocycles. The molecule has 0 fully saturated rings. The molecule has 8 nitrogen and oxygen atoms in total. The van der Waals surface area contributed by atoms with Crippen LogP contribution in [0.3, 0.4) is 0 Å². The summed E-state index contributed by atoms with van der Waals surface area (Å²) in [6.07, 6.45) is 1.20. The molecule has 9 heteroatoms. The number of rotatable bonds is 14. The number of carbonyl (C=O) groups excluding carboxylic acids is 3. The van der Waals surface area contributed by atoms with Crippen LogP contribution in [0.15, 0.2) is 66.9 Å². The molecule has 0 spiro atoms. The number of esters is 2. The maximum Gasteiger partial charge on any atom is 0.311 e. The summed E-state index contributed by atoms with van der Waals surface area (Å²) in [5, 5.41) is 0. The first kappa shape index (κ1) is 31.3. The highest BCUT2D eigenvalue weighted by Crippen LogP contribution is 2.32. The average Bonchev–Trinajstić information content (AvgIpc) is 2.96. The third-order valence-corrected chi connectivity index (χ3v) is 6.59. The molecule has 0 amide bonds. The summed E-state index contributed by atoms with van der Waals surface area (Å²) in [5.74, 6) is -2.85. The van der Waals surface area contributed by atoms with Crippen molar-refractivity contribution >= 4 is 17.7 Å². The molecule has 0 saturated carbocycles. The number of hydrogen-bond acceptors (Lipinski definition) is 8. The highest BCUT2D eigenvalue weighted by molar-refractivity contribution is 5.99. The first-order valence-electron chi connectivity index (χ1n) is 13.5. The van der Waals surface area contributed by atoms with Gasteiger partial charge in [0.15, 0.2) is 23.0 Å². The zero-order valence-corrected chi connectivity index (χ0v) is 24.0. The molecule has 0 aliphatic rings. The summed E-state index contributed by atoms with van der Waals surface area (Å²) in [7, 11) is 1.41. The van der Waals surface area contributed by atoms with Crippen molar-refractivity contribution in [2.24, 2.45) is 11.8 Å². The second-order valence-electron chi connectivity index (χ2n) is 10.1. The van der Waals surface area contributed by atoms with Gasteiger partial charge in [-0.2, -0.15) is 0 Å². The van der Waals surface area contributed by atoms with E-state index in [1.807, 2.05) is 37.3 Å². The molecule has 0 N–H and O–H groups in total. The van der Waals surface area contributed by atoms with Crippen molar-refractivity contribution in [3.8, 4) is 11.5 Å². The van der Waals surface area contributed by atoms with E-state index in [0.29, 0.717) is 6.42 Å². The van der Waals surface area contributed by atoms with Crippen LogP contribution >= 0.6 is 0 Å². The maximum absolute atomic E-state index is 13.4. The van der Waals surface area contributed by atoms with Gasteiger partial charge in [0.25, 0.3) is 0 Å². The topological polar surface area (TPSA) is 101 Å². The van der Waals surface area contributed by atoms with Gasteiger partial charge in [0.1, 0.15) is 11.9 Å². The van der Waals surface area contributed by atoms with Gasteiger partial charge in [-0.05, 0) is 36.6 Å². The molecule has 1 aromatic heterocycles. The third-order valence-electron chi connectivity index (χ3n) is 6.59. The Morgan fingerprint density at radius 3 is 2.22 bits per heavy atom. The Kier molecular flexibility index (Phi) is 11.4. The van der Waals surface area contributed by atoms with Gasteiger partial charge in [-0.15, -0.1) is 0 Å². The zero-order valence-electron chi connectivity index (χ0n) is 24.0. The molecule has 0 radical (unpaired) electrons. The van der Waals surface area contributed by atoms with Crippen molar-refractivity contribution in [1.82, 2.24) is 4.98 Å². The second kappa shape index (κ2) is 14.9. The number of ether oxygens (including phenoxy) is 4. The SMILES string of the molecule is COc1ccnc(C(=O)C[C@@H](C)C(=O)O[C@@H](C)[C@H](Cc2ccc(F)cc2)c2ccccc2)c1OCOC(=O)C(C)C. The predicted octanol–water partition coefficient (Wildman–Crippen LogP) is 5.93. The number of hydrogen-bond donors (Lipinski definition) is 0. The van der Waals surface area contributed by atoms with Crippen molar-refractivity contribution < 1.29 is 37.7 Å². The standard InChI is InChI=1S/C32H36FNO7/c1-20(2)31(36)40-19-39-30-28(38-5)15-16-34-29(30)27(35)17-21(3)32(37)41-22(4)26(24-9-7-6-8-10-24)18-23-11-13-25(33)14-12-23/h6-16,20-22,26H,17-19H2,1-5H3/t21-,22+,26+/m1/s1. The summed E-state index contributed by atoms with van der Waals surface area (Å²) < 4.78 is 35.2. The van der Waals surface area contributed by atoms with Crippen molar-refractivity contribution in [3.05, 3.63) is 89.5 Å². The highest BCUT2D eigenvalue weighted by Gasteiger charge is 2.29. The summed E-state index contributed by atoms with van der Waals surface area (Å²) >= 11 is 0. The number of methoxy groups -OCH3 is 1. The first-order valence-corrected chi connectivity index (χ1v) is 13.5. The normalized spacial score (nSPS) is 13.1. The molecule has 2 aromatic carbocycles. The first-order chi connectivity index (χ1) is 19.6. The minimum atomic E-state index is -0.785. The molecule has 3 atom stereocenters.